The first-order valence-electron chi connectivity index (χ1n) is 9.28. The Labute approximate surface area is 159 Å². The number of nitrogens with zero attached hydrogens (tertiary/aromatic N) is 2. The minimum Gasteiger partial charge on any atom is -0.454 e. The summed E-state index contributed by atoms with van der Waals surface area (Å²) in [4.78, 5) is 16.6. The molecule has 0 aromatic heterocycles. The van der Waals surface area contributed by atoms with Crippen molar-refractivity contribution in [1.29, 1.82) is 0 Å². The molecule has 0 radical (unpaired) electrons. The fraction of sp³-hybridized carbons (Fsp3) is 0.381. The number of likely N-dealkylation sites (tertiary alicyclic amines) is 1. The molecule has 6 heteroatoms. The number of urea groups is 1. The molecule has 1 fully saturated rings. The van der Waals surface area contributed by atoms with Gasteiger partial charge in [-0.1, -0.05) is 12.1 Å². The minimum absolute atomic E-state index is 0.0859. The maximum atomic E-state index is 13.7. The van der Waals surface area contributed by atoms with Crippen LogP contribution in [0.5, 0.6) is 11.5 Å². The Kier molecular flexibility index (Phi) is 6.29. The highest BCUT2D eigenvalue weighted by atomic mass is 19.1. The molecule has 2 aromatic carbocycles. The second kappa shape index (κ2) is 8.86. The van der Waals surface area contributed by atoms with Crippen molar-refractivity contribution in [2.24, 2.45) is 0 Å². The Balaban J connectivity index is 1.56. The zero-order valence-corrected chi connectivity index (χ0v) is 15.8. The number of nitrogens with one attached hydrogen (secondary N) is 1. The molecule has 5 nitrogen and oxygen atoms in total. The monoisotopic (exact) mass is 371 g/mol. The fourth-order valence-electron chi connectivity index (χ4n) is 3.26. The quantitative estimate of drug-likeness (QED) is 0.856. The summed E-state index contributed by atoms with van der Waals surface area (Å²) in [5.74, 6) is 0.281. The molecule has 1 N–H and O–H groups in total. The summed E-state index contributed by atoms with van der Waals surface area (Å²) in [5.41, 5.74) is 0.689. The summed E-state index contributed by atoms with van der Waals surface area (Å²) in [5, 5.41) is 2.93. The molecule has 1 saturated heterocycles. The van der Waals surface area contributed by atoms with Crippen LogP contribution in [-0.4, -0.2) is 49.1 Å². The SMILES string of the molecule is CN(C)[C@@H]1CCCN(C(=O)Nc2ccc(Oc3ccccc3F)cc2)CC1. The molecule has 27 heavy (non-hydrogen) atoms. The number of benzene rings is 2. The van der Waals surface area contributed by atoms with Crippen LogP contribution in [0.25, 0.3) is 0 Å². The third kappa shape index (κ3) is 5.20. The largest absolute Gasteiger partial charge is 0.454 e. The fourth-order valence-corrected chi connectivity index (χ4v) is 3.26. The van der Waals surface area contributed by atoms with Crippen molar-refractivity contribution in [3.63, 3.8) is 0 Å². The Morgan fingerprint density at radius 2 is 1.85 bits per heavy atom. The number of ether oxygens (including phenoxy) is 1. The lowest BCUT2D eigenvalue weighted by Gasteiger charge is -2.23. The van der Waals surface area contributed by atoms with Crippen molar-refractivity contribution in [2.45, 2.75) is 25.3 Å². The third-order valence-electron chi connectivity index (χ3n) is 4.89. The van der Waals surface area contributed by atoms with Gasteiger partial charge in [-0.15, -0.1) is 0 Å². The normalized spacial score (nSPS) is 17.5. The van der Waals surface area contributed by atoms with Crippen LogP contribution in [0.4, 0.5) is 14.9 Å². The molecular formula is C21H26FN3O2. The topological polar surface area (TPSA) is 44.8 Å². The van der Waals surface area contributed by atoms with E-state index >= 15 is 0 Å². The average Bonchev–Trinajstić information content (AvgIpc) is 2.92. The number of para-hydroxylation sites is 1. The molecule has 0 bridgehead atoms. The van der Waals surface area contributed by atoms with Gasteiger partial charge in [0.2, 0.25) is 0 Å². The smallest absolute Gasteiger partial charge is 0.321 e. The van der Waals surface area contributed by atoms with E-state index in [-0.39, 0.29) is 11.8 Å². The lowest BCUT2D eigenvalue weighted by atomic mass is 10.1. The number of carbonyl (C=O) groups is 1. The molecule has 2 aromatic rings. The molecule has 0 saturated carbocycles. The van der Waals surface area contributed by atoms with E-state index in [2.05, 4.69) is 24.3 Å². The third-order valence-corrected chi connectivity index (χ3v) is 4.89. The predicted molar refractivity (Wildman–Crippen MR) is 105 cm³/mol. The number of hydrogen-bond donors (Lipinski definition) is 1. The second-order valence-electron chi connectivity index (χ2n) is 7.02. The van der Waals surface area contributed by atoms with Gasteiger partial charge in [-0.05, 0) is 69.8 Å². The number of hydrogen-bond acceptors (Lipinski definition) is 3. The zero-order valence-electron chi connectivity index (χ0n) is 15.8. The van der Waals surface area contributed by atoms with Crippen LogP contribution in [0.3, 0.4) is 0 Å². The van der Waals surface area contributed by atoms with Crippen molar-refractivity contribution >= 4 is 11.7 Å². The summed E-state index contributed by atoms with van der Waals surface area (Å²) in [6.07, 6.45) is 3.10. The van der Waals surface area contributed by atoms with E-state index < -0.39 is 5.82 Å². The van der Waals surface area contributed by atoms with Crippen molar-refractivity contribution in [1.82, 2.24) is 9.80 Å². The molecule has 3 rings (SSSR count). The molecule has 1 heterocycles. The van der Waals surface area contributed by atoms with Crippen LogP contribution in [0.15, 0.2) is 48.5 Å². The first-order chi connectivity index (χ1) is 13.0. The van der Waals surface area contributed by atoms with Gasteiger partial charge in [0.1, 0.15) is 5.75 Å². The van der Waals surface area contributed by atoms with E-state index in [1.54, 1.807) is 42.5 Å². The Morgan fingerprint density at radius 3 is 2.56 bits per heavy atom. The van der Waals surface area contributed by atoms with Gasteiger partial charge < -0.3 is 19.9 Å². The number of halogens is 1. The Hall–Kier alpha value is -2.60. The lowest BCUT2D eigenvalue weighted by molar-refractivity contribution is 0.210. The summed E-state index contributed by atoms with van der Waals surface area (Å²) in [7, 11) is 4.18. The van der Waals surface area contributed by atoms with Gasteiger partial charge in [0, 0.05) is 24.8 Å². The number of anilines is 1. The van der Waals surface area contributed by atoms with Gasteiger partial charge in [-0.25, -0.2) is 9.18 Å². The molecule has 0 spiro atoms. The molecule has 1 atom stereocenters. The van der Waals surface area contributed by atoms with Crippen LogP contribution >= 0.6 is 0 Å². The van der Waals surface area contributed by atoms with E-state index in [9.17, 15) is 9.18 Å². The van der Waals surface area contributed by atoms with Crippen molar-refractivity contribution in [3.8, 4) is 11.5 Å². The van der Waals surface area contributed by atoms with E-state index in [0.717, 1.165) is 32.4 Å². The van der Waals surface area contributed by atoms with Crippen LogP contribution in [0, 0.1) is 5.82 Å². The Morgan fingerprint density at radius 1 is 1.11 bits per heavy atom. The Bertz CT molecular complexity index is 764. The molecular weight excluding hydrogens is 345 g/mol. The van der Waals surface area contributed by atoms with Crippen LogP contribution in [0.2, 0.25) is 0 Å². The number of rotatable bonds is 4. The maximum absolute atomic E-state index is 13.7. The van der Waals surface area contributed by atoms with Gasteiger partial charge in [0.15, 0.2) is 11.6 Å². The minimum atomic E-state index is -0.410. The second-order valence-corrected chi connectivity index (χ2v) is 7.02. The van der Waals surface area contributed by atoms with Crippen LogP contribution in [-0.2, 0) is 0 Å². The highest BCUT2D eigenvalue weighted by Crippen LogP contribution is 2.25. The summed E-state index contributed by atoms with van der Waals surface area (Å²) < 4.78 is 19.2. The van der Waals surface area contributed by atoms with Crippen LogP contribution < -0.4 is 10.1 Å². The first kappa shape index (κ1) is 19.2. The predicted octanol–water partition coefficient (Wildman–Crippen LogP) is 4.57. The van der Waals surface area contributed by atoms with Gasteiger partial charge in [0.25, 0.3) is 0 Å². The van der Waals surface area contributed by atoms with Gasteiger partial charge in [-0.2, -0.15) is 0 Å². The molecule has 1 aliphatic rings. The average molecular weight is 371 g/mol. The standard InChI is InChI=1S/C21H26FN3O2/c1-24(2)17-6-5-14-25(15-13-17)21(26)23-16-9-11-18(12-10-16)27-20-8-4-3-7-19(20)22/h3-4,7-12,17H,5-6,13-15H2,1-2H3,(H,23,26)/t17-/m1/s1. The molecule has 0 aliphatic carbocycles. The van der Waals surface area contributed by atoms with Crippen LogP contribution in [0.1, 0.15) is 19.3 Å². The first-order valence-corrected chi connectivity index (χ1v) is 9.28. The summed E-state index contributed by atoms with van der Waals surface area (Å²) >= 11 is 0. The van der Waals surface area contributed by atoms with Crippen molar-refractivity contribution < 1.29 is 13.9 Å². The molecule has 2 amide bonds. The lowest BCUT2D eigenvalue weighted by Crippen LogP contribution is -2.36. The molecule has 0 unspecified atom stereocenters. The van der Waals surface area contributed by atoms with E-state index in [1.807, 2.05) is 4.90 Å². The maximum Gasteiger partial charge on any atom is 0.321 e. The molecule has 144 valence electrons. The van der Waals surface area contributed by atoms with Gasteiger partial charge >= 0.3 is 6.03 Å². The molecule has 1 aliphatic heterocycles. The van der Waals surface area contributed by atoms with E-state index in [4.69, 9.17) is 4.74 Å². The van der Waals surface area contributed by atoms with E-state index in [1.165, 1.54) is 6.07 Å². The van der Waals surface area contributed by atoms with E-state index in [0.29, 0.717) is 17.5 Å². The zero-order chi connectivity index (χ0) is 19.2. The number of amides is 2. The number of carbonyl (C=O) groups excluding carboxylic acids is 1. The summed E-state index contributed by atoms with van der Waals surface area (Å²) in [6.45, 7) is 1.52. The highest BCUT2D eigenvalue weighted by Gasteiger charge is 2.21. The van der Waals surface area contributed by atoms with Crippen molar-refractivity contribution in [3.05, 3.63) is 54.3 Å². The highest BCUT2D eigenvalue weighted by molar-refractivity contribution is 5.89. The van der Waals surface area contributed by atoms with Gasteiger partial charge in [-0.3, -0.25) is 0 Å². The van der Waals surface area contributed by atoms with Crippen molar-refractivity contribution in [2.75, 3.05) is 32.5 Å². The summed E-state index contributed by atoms with van der Waals surface area (Å²) in [6, 6.07) is 13.6. The van der Waals surface area contributed by atoms with Gasteiger partial charge in [0.05, 0.1) is 0 Å².